The minimum Gasteiger partial charge on any atom is -0.427 e. The van der Waals surface area contributed by atoms with Crippen molar-refractivity contribution < 1.29 is 13.9 Å². The summed E-state index contributed by atoms with van der Waals surface area (Å²) in [5.74, 6) is 0.890. The van der Waals surface area contributed by atoms with Gasteiger partial charge in [0.1, 0.15) is 11.3 Å². The highest BCUT2D eigenvalue weighted by atomic mass is 35.5. The van der Waals surface area contributed by atoms with Crippen LogP contribution in [0.3, 0.4) is 0 Å². The number of carbonyl (C=O) groups is 1. The second-order valence-corrected chi connectivity index (χ2v) is 8.93. The Morgan fingerprint density at radius 2 is 1.93 bits per heavy atom. The van der Waals surface area contributed by atoms with E-state index in [4.69, 9.17) is 9.15 Å². The molecule has 4 aliphatic rings. The third kappa shape index (κ3) is 3.40. The standard InChI is InChI=1S/C21H28N2O4.ClH/c1-13-9-17(14-3-2-4-14)27-20(25)18(13)19(24)23-7-8-26-21(12-23)10-15-5-6-16(11-21)22-15;/h9,14-16,22H,2-8,10-12H2,1H3;1H/t15-,16+,21?;. The number of amides is 1. The summed E-state index contributed by atoms with van der Waals surface area (Å²) in [6.45, 7) is 3.50. The molecule has 4 heterocycles. The number of nitrogens with one attached hydrogen (secondary N) is 1. The average Bonchev–Trinajstić information content (AvgIpc) is 2.92. The number of aryl methyl sites for hydroxylation is 1. The molecular weight excluding hydrogens is 380 g/mol. The van der Waals surface area contributed by atoms with Crippen molar-refractivity contribution in [3.63, 3.8) is 0 Å². The number of carbonyl (C=O) groups excluding carboxylic acids is 1. The van der Waals surface area contributed by atoms with Gasteiger partial charge in [0.05, 0.1) is 18.8 Å². The Morgan fingerprint density at radius 3 is 2.54 bits per heavy atom. The molecule has 2 bridgehead atoms. The zero-order valence-corrected chi connectivity index (χ0v) is 17.2. The van der Waals surface area contributed by atoms with Crippen LogP contribution in [0.5, 0.6) is 0 Å². The van der Waals surface area contributed by atoms with Gasteiger partial charge in [-0.25, -0.2) is 4.79 Å². The second-order valence-electron chi connectivity index (χ2n) is 8.93. The molecule has 1 aromatic heterocycles. The molecule has 4 fully saturated rings. The van der Waals surface area contributed by atoms with Gasteiger partial charge in [0.2, 0.25) is 0 Å². The van der Waals surface area contributed by atoms with Crippen LogP contribution < -0.4 is 10.9 Å². The Labute approximate surface area is 171 Å². The number of halogens is 1. The van der Waals surface area contributed by atoms with Crippen molar-refractivity contribution in [2.75, 3.05) is 19.7 Å². The summed E-state index contributed by atoms with van der Waals surface area (Å²) in [7, 11) is 0. The van der Waals surface area contributed by atoms with Gasteiger partial charge >= 0.3 is 5.63 Å². The van der Waals surface area contributed by atoms with Crippen molar-refractivity contribution in [2.45, 2.75) is 75.5 Å². The van der Waals surface area contributed by atoms with Crippen LogP contribution in [0.25, 0.3) is 0 Å². The third-order valence-electron chi connectivity index (χ3n) is 7.00. The molecule has 1 saturated carbocycles. The van der Waals surface area contributed by atoms with Gasteiger partial charge in [-0.15, -0.1) is 12.4 Å². The van der Waals surface area contributed by atoms with Gasteiger partial charge < -0.3 is 19.4 Å². The predicted molar refractivity (Wildman–Crippen MR) is 107 cm³/mol. The number of rotatable bonds is 2. The van der Waals surface area contributed by atoms with E-state index in [1.165, 1.54) is 19.3 Å². The molecule has 154 valence electrons. The molecule has 0 aromatic carbocycles. The molecule has 1 N–H and O–H groups in total. The van der Waals surface area contributed by atoms with E-state index in [1.807, 2.05) is 17.9 Å². The highest BCUT2D eigenvalue weighted by Gasteiger charge is 2.48. The first-order valence-corrected chi connectivity index (χ1v) is 10.4. The molecule has 1 spiro atoms. The first-order valence-electron chi connectivity index (χ1n) is 10.4. The Balaban J connectivity index is 0.00000192. The summed E-state index contributed by atoms with van der Waals surface area (Å²) < 4.78 is 11.7. The normalized spacial score (nSPS) is 32.1. The van der Waals surface area contributed by atoms with E-state index in [0.717, 1.165) is 37.0 Å². The van der Waals surface area contributed by atoms with Crippen molar-refractivity contribution in [1.29, 1.82) is 0 Å². The van der Waals surface area contributed by atoms with Crippen molar-refractivity contribution in [1.82, 2.24) is 10.2 Å². The molecule has 0 radical (unpaired) electrons. The van der Waals surface area contributed by atoms with Crippen molar-refractivity contribution >= 4 is 18.3 Å². The van der Waals surface area contributed by atoms with E-state index in [9.17, 15) is 9.59 Å². The smallest absolute Gasteiger partial charge is 0.349 e. The van der Waals surface area contributed by atoms with E-state index in [1.54, 1.807) is 0 Å². The Kier molecular flexibility index (Phi) is 5.31. The summed E-state index contributed by atoms with van der Waals surface area (Å²) in [5, 5.41) is 3.64. The molecule has 1 amide bonds. The van der Waals surface area contributed by atoms with E-state index in [0.29, 0.717) is 37.7 Å². The predicted octanol–water partition coefficient (Wildman–Crippen LogP) is 2.76. The number of hydrogen-bond acceptors (Lipinski definition) is 5. The monoisotopic (exact) mass is 408 g/mol. The average molecular weight is 409 g/mol. The largest absolute Gasteiger partial charge is 0.427 e. The van der Waals surface area contributed by atoms with Crippen LogP contribution in [0.2, 0.25) is 0 Å². The van der Waals surface area contributed by atoms with Gasteiger partial charge in [-0.2, -0.15) is 0 Å². The summed E-state index contributed by atoms with van der Waals surface area (Å²) in [4.78, 5) is 27.6. The summed E-state index contributed by atoms with van der Waals surface area (Å²) in [6.07, 6.45) is 7.59. The third-order valence-corrected chi connectivity index (χ3v) is 7.00. The number of morpholine rings is 1. The molecule has 5 rings (SSSR count). The topological polar surface area (TPSA) is 71.8 Å². The highest BCUT2D eigenvalue weighted by Crippen LogP contribution is 2.39. The summed E-state index contributed by atoms with van der Waals surface area (Å²) in [6, 6.07) is 2.89. The van der Waals surface area contributed by atoms with E-state index in [-0.39, 0.29) is 29.5 Å². The number of piperidine rings is 1. The maximum atomic E-state index is 13.2. The number of nitrogens with zero attached hydrogens (tertiary/aromatic N) is 1. The minimum atomic E-state index is -0.479. The second kappa shape index (κ2) is 7.47. The molecule has 3 aliphatic heterocycles. The lowest BCUT2D eigenvalue weighted by atomic mass is 9.83. The van der Waals surface area contributed by atoms with Gasteiger partial charge in [-0.1, -0.05) is 6.42 Å². The maximum Gasteiger partial charge on any atom is 0.349 e. The molecule has 1 aliphatic carbocycles. The number of fused-ring (bicyclic) bond motifs is 2. The van der Waals surface area contributed by atoms with E-state index >= 15 is 0 Å². The van der Waals surface area contributed by atoms with Crippen molar-refractivity contribution in [3.05, 3.63) is 33.4 Å². The SMILES string of the molecule is Cc1cc(C2CCC2)oc(=O)c1C(=O)N1CCOC2(C[C@H]3CC[C@@H](C2)N3)C1.Cl. The lowest BCUT2D eigenvalue weighted by molar-refractivity contribution is -0.122. The minimum absolute atomic E-state index is 0. The molecule has 3 saturated heterocycles. The maximum absolute atomic E-state index is 13.2. The fourth-order valence-electron chi connectivity index (χ4n) is 5.41. The van der Waals surface area contributed by atoms with E-state index < -0.39 is 5.63 Å². The molecule has 28 heavy (non-hydrogen) atoms. The fraction of sp³-hybridized carbons (Fsp3) is 0.714. The van der Waals surface area contributed by atoms with Crippen LogP contribution in [0.1, 0.15) is 72.5 Å². The molecular formula is C21H29ClN2O4. The zero-order valence-electron chi connectivity index (χ0n) is 16.4. The Hall–Kier alpha value is -1.37. The lowest BCUT2D eigenvalue weighted by Crippen LogP contribution is -2.60. The first-order chi connectivity index (χ1) is 13.0. The highest BCUT2D eigenvalue weighted by molar-refractivity contribution is 5.95. The van der Waals surface area contributed by atoms with Gasteiger partial charge in [-0.3, -0.25) is 4.79 Å². The van der Waals surface area contributed by atoms with Crippen LogP contribution in [-0.4, -0.2) is 48.2 Å². The van der Waals surface area contributed by atoms with Crippen molar-refractivity contribution in [3.8, 4) is 0 Å². The molecule has 3 atom stereocenters. The lowest BCUT2D eigenvalue weighted by Gasteiger charge is -2.47. The Morgan fingerprint density at radius 1 is 1.21 bits per heavy atom. The van der Waals surface area contributed by atoms with Crippen LogP contribution in [0.15, 0.2) is 15.3 Å². The number of ether oxygens (including phenoxy) is 1. The van der Waals surface area contributed by atoms with E-state index in [2.05, 4.69) is 5.32 Å². The molecule has 6 nitrogen and oxygen atoms in total. The first kappa shape index (κ1) is 19.9. The quantitative estimate of drug-likeness (QED) is 0.814. The van der Waals surface area contributed by atoms with Crippen LogP contribution >= 0.6 is 12.4 Å². The van der Waals surface area contributed by atoms with Gasteiger partial charge in [0.25, 0.3) is 5.91 Å². The summed E-state index contributed by atoms with van der Waals surface area (Å²) >= 11 is 0. The van der Waals surface area contributed by atoms with Gasteiger partial charge in [-0.05, 0) is 57.1 Å². The Bertz CT molecular complexity index is 807. The fourth-order valence-corrected chi connectivity index (χ4v) is 5.41. The van der Waals surface area contributed by atoms with Crippen LogP contribution in [0.4, 0.5) is 0 Å². The number of hydrogen-bond donors (Lipinski definition) is 1. The van der Waals surface area contributed by atoms with Crippen LogP contribution in [-0.2, 0) is 4.74 Å². The summed E-state index contributed by atoms with van der Waals surface area (Å²) in [5.41, 5.74) is 0.203. The molecule has 7 heteroatoms. The van der Waals surface area contributed by atoms with Gasteiger partial charge in [0, 0.05) is 24.5 Å². The van der Waals surface area contributed by atoms with Gasteiger partial charge in [0.15, 0.2) is 0 Å². The van der Waals surface area contributed by atoms with Crippen LogP contribution in [0, 0.1) is 6.92 Å². The molecule has 1 unspecified atom stereocenters. The zero-order chi connectivity index (χ0) is 18.6. The van der Waals surface area contributed by atoms with Crippen molar-refractivity contribution in [2.24, 2.45) is 0 Å². The molecule has 1 aromatic rings.